The number of aromatic nitrogens is 2. The van der Waals surface area contributed by atoms with Crippen LogP contribution in [0.3, 0.4) is 0 Å². The smallest absolute Gasteiger partial charge is 0.242 e. The van der Waals surface area contributed by atoms with Crippen molar-refractivity contribution in [2.45, 2.75) is 19.4 Å². The summed E-state index contributed by atoms with van der Waals surface area (Å²) in [6.45, 7) is 2.99. The molecule has 150 valence electrons. The van der Waals surface area contributed by atoms with Gasteiger partial charge in [-0.1, -0.05) is 6.07 Å². The number of morpholine rings is 1. The second-order valence-corrected chi connectivity index (χ2v) is 6.48. The van der Waals surface area contributed by atoms with Gasteiger partial charge in [0.25, 0.3) is 0 Å². The summed E-state index contributed by atoms with van der Waals surface area (Å²) in [5.41, 5.74) is 1.56. The molecule has 0 bridgehead atoms. The quantitative estimate of drug-likeness (QED) is 0.741. The number of nitrogens with zero attached hydrogens (tertiary/aromatic N) is 2. The van der Waals surface area contributed by atoms with E-state index < -0.39 is 0 Å². The number of aromatic amines is 1. The summed E-state index contributed by atoms with van der Waals surface area (Å²) < 4.78 is 24.4. The minimum absolute atomic E-state index is 0.0225. The first-order valence-corrected chi connectivity index (χ1v) is 9.07. The van der Waals surface area contributed by atoms with Crippen molar-refractivity contribution < 1.29 is 23.5 Å². The molecule has 1 fully saturated rings. The van der Waals surface area contributed by atoms with Crippen LogP contribution in [0.25, 0.3) is 0 Å². The van der Waals surface area contributed by atoms with Crippen LogP contribution in [0.1, 0.15) is 24.4 Å². The van der Waals surface area contributed by atoms with E-state index in [1.165, 1.54) is 19.1 Å². The van der Waals surface area contributed by atoms with Crippen molar-refractivity contribution in [3.05, 3.63) is 47.5 Å². The molecule has 2 aromatic rings. The fourth-order valence-electron chi connectivity index (χ4n) is 2.87. The normalized spacial score (nSPS) is 16.6. The number of ether oxygens (including phenoxy) is 2. The van der Waals surface area contributed by atoms with Crippen molar-refractivity contribution in [1.29, 1.82) is 0 Å². The van der Waals surface area contributed by atoms with Crippen molar-refractivity contribution in [2.75, 3.05) is 32.8 Å². The molecular formula is C19H23FN4O4. The summed E-state index contributed by atoms with van der Waals surface area (Å²) in [6, 6.07) is 7.87. The first kappa shape index (κ1) is 19.8. The average Bonchev–Trinajstić information content (AvgIpc) is 3.15. The van der Waals surface area contributed by atoms with Gasteiger partial charge in [0.2, 0.25) is 11.8 Å². The molecule has 1 aliphatic rings. The van der Waals surface area contributed by atoms with E-state index >= 15 is 0 Å². The van der Waals surface area contributed by atoms with E-state index in [4.69, 9.17) is 9.47 Å². The summed E-state index contributed by atoms with van der Waals surface area (Å²) in [6.07, 6.45) is 0.241. The third-order valence-corrected chi connectivity index (χ3v) is 4.32. The van der Waals surface area contributed by atoms with Crippen LogP contribution < -0.4 is 10.1 Å². The third-order valence-electron chi connectivity index (χ3n) is 4.32. The Morgan fingerprint density at radius 2 is 2.29 bits per heavy atom. The Labute approximate surface area is 162 Å². The molecule has 1 aliphatic heterocycles. The number of benzene rings is 1. The van der Waals surface area contributed by atoms with Crippen LogP contribution in [0.15, 0.2) is 30.3 Å². The number of H-pyrrole nitrogens is 1. The maximum atomic E-state index is 13.1. The Balaban J connectivity index is 1.50. The van der Waals surface area contributed by atoms with Crippen molar-refractivity contribution in [2.24, 2.45) is 0 Å². The fraction of sp³-hybridized carbons (Fsp3) is 0.421. The Morgan fingerprint density at radius 3 is 3.07 bits per heavy atom. The van der Waals surface area contributed by atoms with Crippen LogP contribution in [-0.4, -0.2) is 59.8 Å². The van der Waals surface area contributed by atoms with Crippen LogP contribution >= 0.6 is 0 Å². The van der Waals surface area contributed by atoms with Crippen molar-refractivity contribution in [3.63, 3.8) is 0 Å². The Hall–Kier alpha value is -2.94. The Bertz CT molecular complexity index is 826. The molecule has 1 aromatic carbocycles. The molecule has 2 heterocycles. The van der Waals surface area contributed by atoms with Crippen molar-refractivity contribution >= 4 is 11.8 Å². The molecule has 1 saturated heterocycles. The van der Waals surface area contributed by atoms with Crippen LogP contribution in [-0.2, 0) is 20.7 Å². The van der Waals surface area contributed by atoms with Gasteiger partial charge in [0.15, 0.2) is 0 Å². The monoisotopic (exact) mass is 390 g/mol. The maximum absolute atomic E-state index is 13.1. The highest BCUT2D eigenvalue weighted by molar-refractivity contribution is 5.83. The molecule has 0 radical (unpaired) electrons. The highest BCUT2D eigenvalue weighted by Crippen LogP contribution is 2.21. The van der Waals surface area contributed by atoms with E-state index in [0.29, 0.717) is 44.2 Å². The fourth-order valence-corrected chi connectivity index (χ4v) is 2.87. The average molecular weight is 390 g/mol. The van der Waals surface area contributed by atoms with Gasteiger partial charge in [-0.25, -0.2) is 4.39 Å². The van der Waals surface area contributed by atoms with E-state index in [9.17, 15) is 14.0 Å². The van der Waals surface area contributed by atoms with Crippen molar-refractivity contribution in [3.8, 4) is 5.75 Å². The van der Waals surface area contributed by atoms with Gasteiger partial charge in [0.05, 0.1) is 32.0 Å². The molecule has 2 N–H and O–H groups in total. The predicted molar refractivity (Wildman–Crippen MR) is 98.1 cm³/mol. The molecule has 3 rings (SSSR count). The lowest BCUT2D eigenvalue weighted by Gasteiger charge is -2.32. The van der Waals surface area contributed by atoms with E-state index in [0.717, 1.165) is 5.69 Å². The largest absolute Gasteiger partial charge is 0.493 e. The van der Waals surface area contributed by atoms with Gasteiger partial charge in [-0.3, -0.25) is 14.7 Å². The molecule has 0 spiro atoms. The van der Waals surface area contributed by atoms with E-state index in [1.807, 2.05) is 6.07 Å². The molecule has 0 unspecified atom stereocenters. The molecule has 9 heteroatoms. The van der Waals surface area contributed by atoms with Gasteiger partial charge in [-0.15, -0.1) is 0 Å². The topological polar surface area (TPSA) is 96.5 Å². The zero-order chi connectivity index (χ0) is 19.9. The van der Waals surface area contributed by atoms with Crippen LogP contribution in [0.2, 0.25) is 0 Å². The van der Waals surface area contributed by atoms with Gasteiger partial charge in [0.1, 0.15) is 17.7 Å². The number of hydrogen-bond donors (Lipinski definition) is 2. The molecule has 28 heavy (non-hydrogen) atoms. The summed E-state index contributed by atoms with van der Waals surface area (Å²) in [5.74, 6) is -0.254. The second kappa shape index (κ2) is 9.32. The number of carbonyl (C=O) groups excluding carboxylic acids is 2. The number of hydrogen-bond acceptors (Lipinski definition) is 5. The highest BCUT2D eigenvalue weighted by atomic mass is 19.1. The molecule has 0 aliphatic carbocycles. The summed E-state index contributed by atoms with van der Waals surface area (Å²) in [7, 11) is 0. The first-order chi connectivity index (χ1) is 13.5. The Morgan fingerprint density at radius 1 is 1.43 bits per heavy atom. The van der Waals surface area contributed by atoms with Crippen LogP contribution in [0, 0.1) is 5.82 Å². The minimum atomic E-state index is -0.339. The van der Waals surface area contributed by atoms with Crippen molar-refractivity contribution in [1.82, 2.24) is 20.4 Å². The van der Waals surface area contributed by atoms with E-state index in [-0.39, 0.29) is 30.3 Å². The number of carbonyl (C=O) groups is 2. The maximum Gasteiger partial charge on any atom is 0.242 e. The van der Waals surface area contributed by atoms with Gasteiger partial charge >= 0.3 is 0 Å². The minimum Gasteiger partial charge on any atom is -0.493 e. The van der Waals surface area contributed by atoms with Crippen LogP contribution in [0.4, 0.5) is 4.39 Å². The molecular weight excluding hydrogens is 367 g/mol. The van der Waals surface area contributed by atoms with Gasteiger partial charge in [0, 0.05) is 31.6 Å². The van der Waals surface area contributed by atoms with Gasteiger partial charge < -0.3 is 19.7 Å². The zero-order valence-electron chi connectivity index (χ0n) is 15.6. The first-order valence-electron chi connectivity index (χ1n) is 9.07. The number of amides is 2. The summed E-state index contributed by atoms with van der Waals surface area (Å²) in [4.78, 5) is 24.8. The lowest BCUT2D eigenvalue weighted by molar-refractivity contribution is -0.139. The lowest BCUT2D eigenvalue weighted by Crippen LogP contribution is -2.46. The lowest BCUT2D eigenvalue weighted by atomic mass is 10.2. The summed E-state index contributed by atoms with van der Waals surface area (Å²) in [5, 5.41) is 9.73. The molecule has 0 saturated carbocycles. The molecule has 1 aromatic heterocycles. The number of rotatable bonds is 7. The SMILES string of the molecule is CC(=O)NCC(=O)N1CCO[C@H](c2cc(CCOc3cccc(F)c3)[nH]n2)C1. The molecule has 1 atom stereocenters. The number of nitrogens with one attached hydrogen (secondary N) is 2. The van der Waals surface area contributed by atoms with Gasteiger partial charge in [-0.05, 0) is 18.2 Å². The zero-order valence-corrected chi connectivity index (χ0v) is 15.6. The van der Waals surface area contributed by atoms with Crippen LogP contribution in [0.5, 0.6) is 5.75 Å². The summed E-state index contributed by atoms with van der Waals surface area (Å²) >= 11 is 0. The van der Waals surface area contributed by atoms with E-state index in [1.54, 1.807) is 17.0 Å². The predicted octanol–water partition coefficient (Wildman–Crippen LogP) is 1.21. The highest BCUT2D eigenvalue weighted by Gasteiger charge is 2.27. The third kappa shape index (κ3) is 5.53. The second-order valence-electron chi connectivity index (χ2n) is 6.48. The number of halogens is 1. The molecule has 2 amide bonds. The van der Waals surface area contributed by atoms with E-state index in [2.05, 4.69) is 15.5 Å². The standard InChI is InChI=1S/C19H23FN4O4/c1-13(25)21-11-19(26)24-6-8-28-18(12-24)17-10-15(22-23-17)5-7-27-16-4-2-3-14(20)9-16/h2-4,9-10,18H,5-8,11-12H2,1H3,(H,21,25)(H,22,23)/t18-/m0/s1. The van der Waals surface area contributed by atoms with Gasteiger partial charge in [-0.2, -0.15) is 5.10 Å². The Kier molecular flexibility index (Phi) is 6.59. The molecule has 8 nitrogen and oxygen atoms in total.